The van der Waals surface area contributed by atoms with E-state index in [1.165, 1.54) is 24.3 Å². The molecule has 2 aliphatic rings. The number of likely N-dealkylation sites (tertiary alicyclic amines) is 2. The standard InChI is InChI=1S/C24H28FN3O2/c25-21-7-5-19(6-8-21)23(29)27-16-11-20(12-17-27)24(30)28-15-3-1-2-4-22(28)18-9-13-26-14-10-18/h5-10,13-14,20,22H,1-4,11-12,15-17H2. The van der Waals surface area contributed by atoms with Gasteiger partial charge in [-0.05, 0) is 67.6 Å². The van der Waals surface area contributed by atoms with Crippen LogP contribution in [0.5, 0.6) is 0 Å². The molecule has 30 heavy (non-hydrogen) atoms. The number of pyridine rings is 1. The lowest BCUT2D eigenvalue weighted by molar-refractivity contribution is -0.139. The van der Waals surface area contributed by atoms with E-state index in [9.17, 15) is 14.0 Å². The molecule has 6 heteroatoms. The Hall–Kier alpha value is -2.76. The van der Waals surface area contributed by atoms with Gasteiger partial charge in [0.05, 0.1) is 6.04 Å². The second-order valence-corrected chi connectivity index (χ2v) is 8.25. The summed E-state index contributed by atoms with van der Waals surface area (Å²) in [6.45, 7) is 1.90. The molecule has 1 aromatic carbocycles. The van der Waals surface area contributed by atoms with Crippen molar-refractivity contribution in [2.24, 2.45) is 5.92 Å². The highest BCUT2D eigenvalue weighted by Crippen LogP contribution is 2.33. The topological polar surface area (TPSA) is 53.5 Å². The summed E-state index contributed by atoms with van der Waals surface area (Å²) < 4.78 is 13.1. The Bertz CT molecular complexity index is 864. The summed E-state index contributed by atoms with van der Waals surface area (Å²) >= 11 is 0. The van der Waals surface area contributed by atoms with Crippen molar-refractivity contribution in [2.75, 3.05) is 19.6 Å². The molecule has 0 aliphatic carbocycles. The van der Waals surface area contributed by atoms with Gasteiger partial charge in [-0.2, -0.15) is 0 Å². The molecule has 158 valence electrons. The third-order valence-electron chi connectivity index (χ3n) is 6.35. The minimum absolute atomic E-state index is 0.0512. The van der Waals surface area contributed by atoms with Crippen molar-refractivity contribution < 1.29 is 14.0 Å². The molecule has 0 N–H and O–H groups in total. The number of aromatic nitrogens is 1. The van der Waals surface area contributed by atoms with Crippen LogP contribution in [0.3, 0.4) is 0 Å². The summed E-state index contributed by atoms with van der Waals surface area (Å²) in [7, 11) is 0. The minimum atomic E-state index is -0.350. The summed E-state index contributed by atoms with van der Waals surface area (Å²) in [4.78, 5) is 34.1. The van der Waals surface area contributed by atoms with Crippen molar-refractivity contribution in [3.63, 3.8) is 0 Å². The maximum atomic E-state index is 13.4. The molecule has 4 rings (SSSR count). The van der Waals surface area contributed by atoms with Crippen LogP contribution >= 0.6 is 0 Å². The Morgan fingerprint density at radius 1 is 0.867 bits per heavy atom. The van der Waals surface area contributed by atoms with Crippen LogP contribution < -0.4 is 0 Å². The molecular formula is C24H28FN3O2. The molecule has 5 nitrogen and oxygen atoms in total. The monoisotopic (exact) mass is 409 g/mol. The molecule has 2 saturated heterocycles. The van der Waals surface area contributed by atoms with E-state index >= 15 is 0 Å². The lowest BCUT2D eigenvalue weighted by Gasteiger charge is -2.37. The molecule has 0 saturated carbocycles. The van der Waals surface area contributed by atoms with Crippen molar-refractivity contribution in [3.05, 3.63) is 65.7 Å². The van der Waals surface area contributed by atoms with Crippen molar-refractivity contribution in [1.82, 2.24) is 14.8 Å². The Kier molecular flexibility index (Phi) is 6.41. The van der Waals surface area contributed by atoms with E-state index < -0.39 is 0 Å². The van der Waals surface area contributed by atoms with Gasteiger partial charge >= 0.3 is 0 Å². The Labute approximate surface area is 176 Å². The van der Waals surface area contributed by atoms with Crippen LogP contribution in [0.4, 0.5) is 4.39 Å². The zero-order chi connectivity index (χ0) is 20.9. The van der Waals surface area contributed by atoms with Gasteiger partial charge in [-0.25, -0.2) is 4.39 Å². The third-order valence-corrected chi connectivity index (χ3v) is 6.35. The van der Waals surface area contributed by atoms with Gasteiger partial charge in [0.1, 0.15) is 5.82 Å². The van der Waals surface area contributed by atoms with Crippen molar-refractivity contribution in [2.45, 2.75) is 44.6 Å². The number of nitrogens with zero attached hydrogens (tertiary/aromatic N) is 3. The van der Waals surface area contributed by atoms with Crippen LogP contribution in [-0.2, 0) is 4.79 Å². The van der Waals surface area contributed by atoms with Crippen molar-refractivity contribution in [1.29, 1.82) is 0 Å². The smallest absolute Gasteiger partial charge is 0.253 e. The Morgan fingerprint density at radius 2 is 1.57 bits per heavy atom. The molecule has 2 aliphatic heterocycles. The SMILES string of the molecule is O=C(c1ccc(F)cc1)N1CCC(C(=O)N2CCCCCC2c2ccncc2)CC1. The predicted octanol–water partition coefficient (Wildman–Crippen LogP) is 4.22. The number of rotatable bonds is 3. The van der Waals surface area contributed by atoms with E-state index in [4.69, 9.17) is 0 Å². The summed E-state index contributed by atoms with van der Waals surface area (Å²) in [5.74, 6) is -0.278. The van der Waals surface area contributed by atoms with E-state index in [2.05, 4.69) is 9.88 Å². The van der Waals surface area contributed by atoms with E-state index in [0.29, 0.717) is 31.5 Å². The number of carbonyl (C=O) groups is 2. The fourth-order valence-corrected chi connectivity index (χ4v) is 4.64. The zero-order valence-corrected chi connectivity index (χ0v) is 17.2. The van der Waals surface area contributed by atoms with Crippen LogP contribution in [0.1, 0.15) is 60.5 Å². The molecule has 0 spiro atoms. The normalized spacial score (nSPS) is 20.6. The van der Waals surface area contributed by atoms with Crippen LogP contribution in [-0.4, -0.2) is 46.2 Å². The molecule has 2 aromatic rings. The van der Waals surface area contributed by atoms with E-state index in [-0.39, 0.29) is 29.6 Å². The van der Waals surface area contributed by atoms with Gasteiger partial charge in [0.25, 0.3) is 5.91 Å². The maximum absolute atomic E-state index is 13.4. The summed E-state index contributed by atoms with van der Waals surface area (Å²) in [6, 6.07) is 9.79. The molecule has 2 amide bonds. The van der Waals surface area contributed by atoms with E-state index in [1.54, 1.807) is 17.3 Å². The summed E-state index contributed by atoms with van der Waals surface area (Å²) in [6.07, 6.45) is 9.23. The van der Waals surface area contributed by atoms with Crippen molar-refractivity contribution in [3.8, 4) is 0 Å². The summed E-state index contributed by atoms with van der Waals surface area (Å²) in [5.41, 5.74) is 1.65. The number of hydrogen-bond donors (Lipinski definition) is 0. The van der Waals surface area contributed by atoms with Crippen LogP contribution in [0.25, 0.3) is 0 Å². The van der Waals surface area contributed by atoms with Crippen molar-refractivity contribution >= 4 is 11.8 Å². The molecule has 1 unspecified atom stereocenters. The number of piperidine rings is 1. The summed E-state index contributed by atoms with van der Waals surface area (Å²) in [5, 5.41) is 0. The van der Waals surface area contributed by atoms with Gasteiger partial charge < -0.3 is 9.80 Å². The van der Waals surface area contributed by atoms with Gasteiger partial charge in [0.2, 0.25) is 5.91 Å². The first-order valence-corrected chi connectivity index (χ1v) is 10.9. The minimum Gasteiger partial charge on any atom is -0.339 e. The highest BCUT2D eigenvalue weighted by Gasteiger charge is 2.34. The van der Waals surface area contributed by atoms with Gasteiger partial charge in [0.15, 0.2) is 0 Å². The third kappa shape index (κ3) is 4.53. The molecule has 1 atom stereocenters. The van der Waals surface area contributed by atoms with Crippen LogP contribution in [0.2, 0.25) is 0 Å². The van der Waals surface area contributed by atoms with Crippen LogP contribution in [0, 0.1) is 11.7 Å². The van der Waals surface area contributed by atoms with Gasteiger partial charge in [-0.15, -0.1) is 0 Å². The number of benzene rings is 1. The largest absolute Gasteiger partial charge is 0.339 e. The second kappa shape index (κ2) is 9.37. The Morgan fingerprint density at radius 3 is 2.27 bits per heavy atom. The average molecular weight is 410 g/mol. The Balaban J connectivity index is 1.41. The molecule has 0 radical (unpaired) electrons. The first kappa shape index (κ1) is 20.5. The quantitative estimate of drug-likeness (QED) is 0.763. The second-order valence-electron chi connectivity index (χ2n) is 8.25. The lowest BCUT2D eigenvalue weighted by atomic mass is 9.93. The highest BCUT2D eigenvalue weighted by molar-refractivity contribution is 5.94. The number of hydrogen-bond acceptors (Lipinski definition) is 3. The van der Waals surface area contributed by atoms with Gasteiger partial charge in [-0.3, -0.25) is 14.6 Å². The fourth-order valence-electron chi connectivity index (χ4n) is 4.64. The maximum Gasteiger partial charge on any atom is 0.253 e. The predicted molar refractivity (Wildman–Crippen MR) is 112 cm³/mol. The number of carbonyl (C=O) groups excluding carboxylic acids is 2. The average Bonchev–Trinajstić information content (AvgIpc) is 3.05. The first-order chi connectivity index (χ1) is 14.6. The zero-order valence-electron chi connectivity index (χ0n) is 17.2. The molecule has 2 fully saturated rings. The molecule has 3 heterocycles. The van der Waals surface area contributed by atoms with Crippen LogP contribution in [0.15, 0.2) is 48.8 Å². The number of halogens is 1. The van der Waals surface area contributed by atoms with Gasteiger partial charge in [0, 0.05) is 43.5 Å². The first-order valence-electron chi connectivity index (χ1n) is 10.9. The highest BCUT2D eigenvalue weighted by atomic mass is 19.1. The van der Waals surface area contributed by atoms with E-state index in [0.717, 1.165) is 37.8 Å². The molecular weight excluding hydrogens is 381 g/mol. The fraction of sp³-hybridized carbons (Fsp3) is 0.458. The number of amides is 2. The molecule has 1 aromatic heterocycles. The lowest BCUT2D eigenvalue weighted by Crippen LogP contribution is -2.45. The van der Waals surface area contributed by atoms with E-state index in [1.807, 2.05) is 12.1 Å². The van der Waals surface area contributed by atoms with Gasteiger partial charge in [-0.1, -0.05) is 12.8 Å². The molecule has 0 bridgehead atoms.